The number of hydrogen-bond acceptors (Lipinski definition) is 4. The van der Waals surface area contributed by atoms with E-state index in [9.17, 15) is 5.11 Å². The zero-order valence-electron chi connectivity index (χ0n) is 7.93. The van der Waals surface area contributed by atoms with Crippen molar-refractivity contribution in [1.82, 2.24) is 0 Å². The van der Waals surface area contributed by atoms with Gasteiger partial charge in [0.1, 0.15) is 24.2 Å². The van der Waals surface area contributed by atoms with Gasteiger partial charge in [0.05, 0.1) is 18.7 Å². The van der Waals surface area contributed by atoms with E-state index in [0.717, 1.165) is 5.56 Å². The van der Waals surface area contributed by atoms with Crippen molar-refractivity contribution >= 4 is 0 Å². The van der Waals surface area contributed by atoms with E-state index in [1.165, 1.54) is 0 Å². The van der Waals surface area contributed by atoms with Crippen LogP contribution >= 0.6 is 0 Å². The molecule has 0 bridgehead atoms. The van der Waals surface area contributed by atoms with Crippen molar-refractivity contribution in [1.29, 1.82) is 0 Å². The Bertz CT molecular complexity index is 326. The minimum absolute atomic E-state index is 0.237. The van der Waals surface area contributed by atoms with Crippen molar-refractivity contribution in [2.24, 2.45) is 5.73 Å². The molecule has 0 amide bonds. The Labute approximate surface area is 82.2 Å². The lowest BCUT2D eigenvalue weighted by molar-refractivity contribution is 0.0665. The molecule has 14 heavy (non-hydrogen) atoms. The average Bonchev–Trinajstić information content (AvgIpc) is 2.23. The van der Waals surface area contributed by atoms with Gasteiger partial charge in [-0.15, -0.1) is 0 Å². The van der Waals surface area contributed by atoms with E-state index in [1.54, 1.807) is 13.2 Å². The summed E-state index contributed by atoms with van der Waals surface area (Å²) in [7, 11) is 1.57. The van der Waals surface area contributed by atoms with Gasteiger partial charge in [0, 0.05) is 0 Å². The van der Waals surface area contributed by atoms with Gasteiger partial charge in [-0.1, -0.05) is 6.07 Å². The fraction of sp³-hybridized carbons (Fsp3) is 0.400. The van der Waals surface area contributed by atoms with Crippen LogP contribution in [0.5, 0.6) is 11.5 Å². The van der Waals surface area contributed by atoms with Gasteiger partial charge in [-0.2, -0.15) is 0 Å². The Kier molecular flexibility index (Phi) is 2.31. The summed E-state index contributed by atoms with van der Waals surface area (Å²) < 4.78 is 10.5. The highest BCUT2D eigenvalue weighted by Gasteiger charge is 2.29. The first kappa shape index (κ1) is 9.30. The molecule has 1 heterocycles. The maximum Gasteiger partial charge on any atom is 0.128 e. The molecule has 2 rings (SSSR count). The summed E-state index contributed by atoms with van der Waals surface area (Å²) in [6.45, 7) is 0.237. The van der Waals surface area contributed by atoms with Crippen LogP contribution in [0.25, 0.3) is 0 Å². The van der Waals surface area contributed by atoms with E-state index in [0.29, 0.717) is 11.5 Å². The minimum atomic E-state index is -0.668. The van der Waals surface area contributed by atoms with Gasteiger partial charge in [0.15, 0.2) is 0 Å². The predicted molar refractivity (Wildman–Crippen MR) is 51.4 cm³/mol. The fourth-order valence-electron chi connectivity index (χ4n) is 1.63. The molecule has 3 N–H and O–H groups in total. The first-order valence-corrected chi connectivity index (χ1v) is 4.47. The molecule has 0 fully saturated rings. The lowest BCUT2D eigenvalue weighted by Crippen LogP contribution is -2.35. The Morgan fingerprint density at radius 1 is 1.57 bits per heavy atom. The molecule has 0 saturated heterocycles. The highest BCUT2D eigenvalue weighted by atomic mass is 16.5. The summed E-state index contributed by atoms with van der Waals surface area (Å²) in [6, 6.07) is 5.03. The molecule has 0 aliphatic carbocycles. The van der Waals surface area contributed by atoms with Crippen LogP contribution in [0.3, 0.4) is 0 Å². The number of benzene rings is 1. The smallest absolute Gasteiger partial charge is 0.128 e. The summed E-state index contributed by atoms with van der Waals surface area (Å²) >= 11 is 0. The van der Waals surface area contributed by atoms with Crippen LogP contribution in [0.2, 0.25) is 0 Å². The van der Waals surface area contributed by atoms with Crippen LogP contribution in [-0.4, -0.2) is 24.9 Å². The van der Waals surface area contributed by atoms with Crippen LogP contribution < -0.4 is 15.2 Å². The third-order valence-corrected chi connectivity index (χ3v) is 2.40. The normalized spacial score (nSPS) is 25.1. The van der Waals surface area contributed by atoms with E-state index in [1.807, 2.05) is 12.1 Å². The number of methoxy groups -OCH3 is 1. The number of aliphatic hydroxyl groups is 1. The Morgan fingerprint density at radius 2 is 2.36 bits per heavy atom. The molecule has 0 saturated carbocycles. The van der Waals surface area contributed by atoms with E-state index in [-0.39, 0.29) is 6.61 Å². The summed E-state index contributed by atoms with van der Waals surface area (Å²) in [6.07, 6.45) is -0.668. The maximum absolute atomic E-state index is 9.54. The van der Waals surface area contributed by atoms with Crippen molar-refractivity contribution in [3.63, 3.8) is 0 Å². The van der Waals surface area contributed by atoms with Gasteiger partial charge in [0.25, 0.3) is 0 Å². The first-order chi connectivity index (χ1) is 6.74. The quantitative estimate of drug-likeness (QED) is 0.682. The second-order valence-corrected chi connectivity index (χ2v) is 3.28. The predicted octanol–water partition coefficient (Wildman–Crippen LogP) is 0.448. The van der Waals surface area contributed by atoms with Gasteiger partial charge in [0.2, 0.25) is 0 Å². The van der Waals surface area contributed by atoms with E-state index in [2.05, 4.69) is 0 Å². The third kappa shape index (κ3) is 1.32. The number of ether oxygens (including phenoxy) is 2. The highest BCUT2D eigenvalue weighted by Crippen LogP contribution is 2.37. The lowest BCUT2D eigenvalue weighted by Gasteiger charge is -2.28. The molecular weight excluding hydrogens is 182 g/mol. The Balaban J connectivity index is 2.49. The van der Waals surface area contributed by atoms with Crippen LogP contribution in [0, 0.1) is 0 Å². The zero-order valence-corrected chi connectivity index (χ0v) is 7.93. The van der Waals surface area contributed by atoms with Gasteiger partial charge >= 0.3 is 0 Å². The molecule has 1 aromatic rings. The van der Waals surface area contributed by atoms with Crippen molar-refractivity contribution in [2.75, 3.05) is 13.7 Å². The molecule has 4 nitrogen and oxygen atoms in total. The molecular formula is C10H13NO3. The number of hydrogen-bond donors (Lipinski definition) is 2. The number of rotatable bonds is 1. The third-order valence-electron chi connectivity index (χ3n) is 2.40. The van der Waals surface area contributed by atoms with Crippen LogP contribution in [0.1, 0.15) is 11.6 Å². The van der Waals surface area contributed by atoms with Crippen molar-refractivity contribution < 1.29 is 14.6 Å². The molecule has 0 radical (unpaired) electrons. The number of aliphatic hydroxyl groups excluding tert-OH is 1. The minimum Gasteiger partial charge on any atom is -0.496 e. The topological polar surface area (TPSA) is 64.7 Å². The highest BCUT2D eigenvalue weighted by molar-refractivity contribution is 5.48. The van der Waals surface area contributed by atoms with Gasteiger partial charge in [-0.05, 0) is 12.1 Å². The first-order valence-electron chi connectivity index (χ1n) is 4.47. The molecule has 1 aliphatic rings. The zero-order chi connectivity index (χ0) is 10.1. The molecule has 76 valence electrons. The fourth-order valence-corrected chi connectivity index (χ4v) is 1.63. The monoisotopic (exact) mass is 195 g/mol. The second kappa shape index (κ2) is 3.48. The van der Waals surface area contributed by atoms with Gasteiger partial charge in [-0.3, -0.25) is 0 Å². The summed E-state index contributed by atoms with van der Waals surface area (Å²) in [5.41, 5.74) is 6.60. The molecule has 2 atom stereocenters. The average molecular weight is 195 g/mol. The Morgan fingerprint density at radius 3 is 3.07 bits per heavy atom. The molecule has 0 spiro atoms. The summed E-state index contributed by atoms with van der Waals surface area (Å²) in [5, 5.41) is 9.54. The summed E-state index contributed by atoms with van der Waals surface area (Å²) in [5.74, 6) is 1.36. The largest absolute Gasteiger partial charge is 0.496 e. The van der Waals surface area contributed by atoms with Gasteiger partial charge < -0.3 is 20.3 Å². The van der Waals surface area contributed by atoms with Crippen LogP contribution in [0.15, 0.2) is 18.2 Å². The molecule has 0 aromatic heterocycles. The van der Waals surface area contributed by atoms with Crippen molar-refractivity contribution in [2.45, 2.75) is 12.1 Å². The number of fused-ring (bicyclic) bond motifs is 1. The van der Waals surface area contributed by atoms with E-state index < -0.39 is 12.1 Å². The maximum atomic E-state index is 9.54. The second-order valence-electron chi connectivity index (χ2n) is 3.28. The van der Waals surface area contributed by atoms with Gasteiger partial charge in [-0.25, -0.2) is 0 Å². The molecule has 1 aliphatic heterocycles. The molecule has 4 heteroatoms. The van der Waals surface area contributed by atoms with Crippen molar-refractivity contribution in [3.8, 4) is 11.5 Å². The molecule has 1 aromatic carbocycles. The van der Waals surface area contributed by atoms with Crippen molar-refractivity contribution in [3.05, 3.63) is 23.8 Å². The van der Waals surface area contributed by atoms with Crippen LogP contribution in [0.4, 0.5) is 0 Å². The Hall–Kier alpha value is -1.26. The van der Waals surface area contributed by atoms with E-state index >= 15 is 0 Å². The summed E-state index contributed by atoms with van der Waals surface area (Å²) in [4.78, 5) is 0. The van der Waals surface area contributed by atoms with E-state index in [4.69, 9.17) is 15.2 Å². The molecule has 2 unspecified atom stereocenters. The lowest BCUT2D eigenvalue weighted by atomic mass is 9.98. The number of nitrogens with two attached hydrogens (primary N) is 1. The SMILES string of the molecule is COc1cccc2c1C(N)C(O)CO2. The van der Waals surface area contributed by atoms with Crippen LogP contribution in [-0.2, 0) is 0 Å². The standard InChI is InChI=1S/C10H13NO3/c1-13-7-3-2-4-8-9(7)10(11)6(12)5-14-8/h2-4,6,10,12H,5,11H2,1H3.